The van der Waals surface area contributed by atoms with Crippen LogP contribution in [0.4, 0.5) is 8.78 Å². The fourth-order valence-corrected chi connectivity index (χ4v) is 3.34. The molecule has 0 bridgehead atoms. The first-order valence-electron chi connectivity index (χ1n) is 7.09. The van der Waals surface area contributed by atoms with Crippen LogP contribution < -0.4 is 5.32 Å². The van der Waals surface area contributed by atoms with Crippen LogP contribution in [0.1, 0.15) is 48.0 Å². The number of benzene rings is 1. The molecule has 21 heavy (non-hydrogen) atoms. The van der Waals surface area contributed by atoms with E-state index in [4.69, 9.17) is 0 Å². The monoisotopic (exact) mass is 310 g/mol. The van der Waals surface area contributed by atoms with Crippen LogP contribution in [0.15, 0.2) is 18.2 Å². The van der Waals surface area contributed by atoms with Crippen LogP contribution >= 0.6 is 11.3 Å². The second kappa shape index (κ2) is 6.62. The SMILES string of the molecule is CCc1nc(C(NC(C)C)c2ccc(F)c(F)c2)sc1C. The zero-order chi connectivity index (χ0) is 15.6. The van der Waals surface area contributed by atoms with Gasteiger partial charge < -0.3 is 5.32 Å². The van der Waals surface area contributed by atoms with Gasteiger partial charge in [0.1, 0.15) is 5.01 Å². The topological polar surface area (TPSA) is 24.9 Å². The summed E-state index contributed by atoms with van der Waals surface area (Å²) in [6.45, 7) is 8.15. The largest absolute Gasteiger partial charge is 0.302 e. The number of aryl methyl sites for hydroxylation is 2. The molecular formula is C16H20F2N2S. The molecule has 0 aliphatic rings. The van der Waals surface area contributed by atoms with Gasteiger partial charge in [0.2, 0.25) is 0 Å². The van der Waals surface area contributed by atoms with Gasteiger partial charge in [0.25, 0.3) is 0 Å². The third kappa shape index (κ3) is 3.66. The Bertz CT molecular complexity index is 623. The van der Waals surface area contributed by atoms with Crippen molar-refractivity contribution in [2.24, 2.45) is 0 Å². The van der Waals surface area contributed by atoms with Gasteiger partial charge in [0, 0.05) is 10.9 Å². The first-order valence-corrected chi connectivity index (χ1v) is 7.91. The molecule has 114 valence electrons. The van der Waals surface area contributed by atoms with Gasteiger partial charge in [-0.1, -0.05) is 13.0 Å². The Morgan fingerprint density at radius 2 is 1.95 bits per heavy atom. The summed E-state index contributed by atoms with van der Waals surface area (Å²) in [4.78, 5) is 5.82. The molecule has 0 aliphatic carbocycles. The van der Waals surface area contributed by atoms with E-state index < -0.39 is 11.6 Å². The van der Waals surface area contributed by atoms with E-state index in [1.165, 1.54) is 17.0 Å². The van der Waals surface area contributed by atoms with Crippen LogP contribution in [0.25, 0.3) is 0 Å². The molecule has 0 spiro atoms. The predicted molar refractivity (Wildman–Crippen MR) is 82.7 cm³/mol. The normalized spacial score (nSPS) is 12.9. The van der Waals surface area contributed by atoms with Crippen molar-refractivity contribution in [2.75, 3.05) is 0 Å². The zero-order valence-electron chi connectivity index (χ0n) is 12.7. The molecule has 0 radical (unpaired) electrons. The molecule has 0 fully saturated rings. The number of aromatic nitrogens is 1. The van der Waals surface area contributed by atoms with Gasteiger partial charge in [-0.3, -0.25) is 0 Å². The Balaban J connectivity index is 2.43. The number of thiazole rings is 1. The first kappa shape index (κ1) is 16.0. The number of nitrogens with zero attached hydrogens (tertiary/aromatic N) is 1. The fraction of sp³-hybridized carbons (Fsp3) is 0.438. The van der Waals surface area contributed by atoms with Crippen molar-refractivity contribution in [2.45, 2.75) is 46.2 Å². The molecule has 2 aromatic rings. The van der Waals surface area contributed by atoms with Gasteiger partial charge in [-0.15, -0.1) is 11.3 Å². The average Bonchev–Trinajstić information content (AvgIpc) is 2.80. The quantitative estimate of drug-likeness (QED) is 0.886. The van der Waals surface area contributed by atoms with Gasteiger partial charge in [-0.2, -0.15) is 0 Å². The number of nitrogens with one attached hydrogen (secondary N) is 1. The van der Waals surface area contributed by atoms with Crippen molar-refractivity contribution in [1.29, 1.82) is 0 Å². The summed E-state index contributed by atoms with van der Waals surface area (Å²) in [5, 5.41) is 4.28. The van der Waals surface area contributed by atoms with Gasteiger partial charge in [-0.25, -0.2) is 13.8 Å². The fourth-order valence-electron chi connectivity index (χ4n) is 2.24. The molecule has 1 unspecified atom stereocenters. The summed E-state index contributed by atoms with van der Waals surface area (Å²) in [5.41, 5.74) is 1.76. The van der Waals surface area contributed by atoms with Crippen LogP contribution in [0.5, 0.6) is 0 Å². The lowest BCUT2D eigenvalue weighted by Crippen LogP contribution is -2.29. The first-order chi connectivity index (χ1) is 9.92. The van der Waals surface area contributed by atoms with E-state index in [0.29, 0.717) is 5.56 Å². The Kier molecular flexibility index (Phi) is 5.06. The van der Waals surface area contributed by atoms with Crippen LogP contribution in [0.3, 0.4) is 0 Å². The maximum absolute atomic E-state index is 13.5. The minimum atomic E-state index is -0.827. The van der Waals surface area contributed by atoms with Crippen LogP contribution in [-0.4, -0.2) is 11.0 Å². The molecule has 2 rings (SSSR count). The molecule has 0 saturated carbocycles. The second-order valence-corrected chi connectivity index (χ2v) is 6.57. The minimum absolute atomic E-state index is 0.206. The van der Waals surface area contributed by atoms with E-state index in [1.807, 2.05) is 20.8 Å². The maximum atomic E-state index is 13.5. The number of hydrogen-bond donors (Lipinski definition) is 1. The van der Waals surface area contributed by atoms with E-state index in [0.717, 1.165) is 17.1 Å². The molecule has 1 N–H and O–H groups in total. The summed E-state index contributed by atoms with van der Waals surface area (Å²) in [5.74, 6) is -1.65. The molecule has 0 saturated heterocycles. The van der Waals surface area contributed by atoms with E-state index in [1.54, 1.807) is 17.4 Å². The molecule has 1 aromatic carbocycles. The lowest BCUT2D eigenvalue weighted by atomic mass is 10.1. The van der Waals surface area contributed by atoms with Crippen molar-refractivity contribution in [3.8, 4) is 0 Å². The molecular weight excluding hydrogens is 290 g/mol. The van der Waals surface area contributed by atoms with Crippen molar-refractivity contribution in [3.05, 3.63) is 51.0 Å². The molecule has 1 atom stereocenters. The maximum Gasteiger partial charge on any atom is 0.159 e. The molecule has 1 heterocycles. The minimum Gasteiger partial charge on any atom is -0.302 e. The van der Waals surface area contributed by atoms with Crippen LogP contribution in [-0.2, 0) is 6.42 Å². The summed E-state index contributed by atoms with van der Waals surface area (Å²) < 4.78 is 26.7. The summed E-state index contributed by atoms with van der Waals surface area (Å²) >= 11 is 1.60. The summed E-state index contributed by atoms with van der Waals surface area (Å²) in [7, 11) is 0. The molecule has 1 aromatic heterocycles. The Hall–Kier alpha value is -1.33. The van der Waals surface area contributed by atoms with Crippen molar-refractivity contribution >= 4 is 11.3 Å². The third-order valence-corrected chi connectivity index (χ3v) is 4.35. The number of rotatable bonds is 5. The third-order valence-electron chi connectivity index (χ3n) is 3.27. The van der Waals surface area contributed by atoms with Gasteiger partial charge in [-0.05, 0) is 44.9 Å². The van der Waals surface area contributed by atoms with Crippen molar-refractivity contribution < 1.29 is 8.78 Å². The molecule has 2 nitrogen and oxygen atoms in total. The average molecular weight is 310 g/mol. The van der Waals surface area contributed by atoms with E-state index in [-0.39, 0.29) is 12.1 Å². The Morgan fingerprint density at radius 1 is 1.24 bits per heavy atom. The van der Waals surface area contributed by atoms with Crippen molar-refractivity contribution in [3.63, 3.8) is 0 Å². The number of halogens is 2. The molecule has 5 heteroatoms. The Labute approximate surface area is 128 Å². The highest BCUT2D eigenvalue weighted by molar-refractivity contribution is 7.11. The van der Waals surface area contributed by atoms with Gasteiger partial charge in [0.05, 0.1) is 11.7 Å². The van der Waals surface area contributed by atoms with Crippen molar-refractivity contribution in [1.82, 2.24) is 10.3 Å². The van der Waals surface area contributed by atoms with Gasteiger partial charge >= 0.3 is 0 Å². The molecule has 0 aliphatic heterocycles. The van der Waals surface area contributed by atoms with E-state index in [9.17, 15) is 8.78 Å². The van der Waals surface area contributed by atoms with E-state index in [2.05, 4.69) is 17.2 Å². The zero-order valence-corrected chi connectivity index (χ0v) is 13.5. The van der Waals surface area contributed by atoms with E-state index >= 15 is 0 Å². The smallest absolute Gasteiger partial charge is 0.159 e. The van der Waals surface area contributed by atoms with Gasteiger partial charge in [0.15, 0.2) is 11.6 Å². The highest BCUT2D eigenvalue weighted by Crippen LogP contribution is 2.29. The second-order valence-electron chi connectivity index (χ2n) is 5.34. The van der Waals surface area contributed by atoms with Crippen LogP contribution in [0, 0.1) is 18.6 Å². The summed E-state index contributed by atoms with van der Waals surface area (Å²) in [6, 6.07) is 4.01. The lowest BCUT2D eigenvalue weighted by molar-refractivity contribution is 0.495. The number of hydrogen-bond acceptors (Lipinski definition) is 3. The van der Waals surface area contributed by atoms with Crippen LogP contribution in [0.2, 0.25) is 0 Å². The standard InChI is InChI=1S/C16H20F2N2S/c1-5-14-10(4)21-16(20-14)15(19-9(2)3)11-6-7-12(17)13(18)8-11/h6-9,15,19H,5H2,1-4H3. The highest BCUT2D eigenvalue weighted by atomic mass is 32.1. The predicted octanol–water partition coefficient (Wildman–Crippen LogP) is 4.38. The lowest BCUT2D eigenvalue weighted by Gasteiger charge is -2.20. The summed E-state index contributed by atoms with van der Waals surface area (Å²) in [6.07, 6.45) is 0.870. The Morgan fingerprint density at radius 3 is 2.48 bits per heavy atom. The highest BCUT2D eigenvalue weighted by Gasteiger charge is 2.21. The molecule has 0 amide bonds.